The Balaban J connectivity index is 2.07. The second kappa shape index (κ2) is 7.69. The van der Waals surface area contributed by atoms with Gasteiger partial charge in [-0.05, 0) is 31.0 Å². The van der Waals surface area contributed by atoms with Crippen LogP contribution in [0.3, 0.4) is 0 Å². The Morgan fingerprint density at radius 2 is 2.04 bits per heavy atom. The number of aromatic nitrogens is 2. The van der Waals surface area contributed by atoms with Crippen LogP contribution < -0.4 is 10.9 Å². The van der Waals surface area contributed by atoms with Crippen LogP contribution in [-0.2, 0) is 17.8 Å². The third kappa shape index (κ3) is 4.50. The summed E-state index contributed by atoms with van der Waals surface area (Å²) in [6.07, 6.45) is 0. The van der Waals surface area contributed by atoms with Crippen molar-refractivity contribution in [3.8, 4) is 0 Å². The molecule has 2 aromatic rings. The van der Waals surface area contributed by atoms with Gasteiger partial charge in [0.15, 0.2) is 0 Å². The van der Waals surface area contributed by atoms with E-state index in [0.717, 1.165) is 11.1 Å². The Kier molecular flexibility index (Phi) is 5.65. The lowest BCUT2D eigenvalue weighted by molar-refractivity contribution is 0.0942. The average Bonchev–Trinajstić information content (AvgIpc) is 2.53. The van der Waals surface area contributed by atoms with Gasteiger partial charge < -0.3 is 10.1 Å². The largest absolute Gasteiger partial charge is 0.383 e. The van der Waals surface area contributed by atoms with Gasteiger partial charge in [-0.15, -0.1) is 0 Å². The van der Waals surface area contributed by atoms with E-state index in [2.05, 4.69) is 16.5 Å². The van der Waals surface area contributed by atoms with E-state index in [9.17, 15) is 9.59 Å². The minimum Gasteiger partial charge on any atom is -0.383 e. The second-order valence-electron chi connectivity index (χ2n) is 5.39. The van der Waals surface area contributed by atoms with Gasteiger partial charge in [-0.3, -0.25) is 9.59 Å². The number of ether oxygens (including phenoxy) is 1. The van der Waals surface area contributed by atoms with Crippen molar-refractivity contribution in [2.45, 2.75) is 26.9 Å². The van der Waals surface area contributed by atoms with E-state index in [0.29, 0.717) is 19.7 Å². The highest BCUT2D eigenvalue weighted by Gasteiger charge is 2.10. The van der Waals surface area contributed by atoms with E-state index in [-0.39, 0.29) is 17.2 Å². The van der Waals surface area contributed by atoms with E-state index in [1.165, 1.54) is 22.4 Å². The quantitative estimate of drug-likeness (QED) is 0.875. The predicted molar refractivity (Wildman–Crippen MR) is 87.5 cm³/mol. The molecule has 2 rings (SSSR count). The molecule has 0 spiro atoms. The summed E-state index contributed by atoms with van der Waals surface area (Å²) in [5, 5.41) is 6.90. The zero-order valence-corrected chi connectivity index (χ0v) is 13.6. The van der Waals surface area contributed by atoms with Crippen LogP contribution in [-0.4, -0.2) is 29.4 Å². The molecule has 1 heterocycles. The zero-order chi connectivity index (χ0) is 16.8. The fraction of sp³-hybridized carbons (Fsp3) is 0.353. The Labute approximate surface area is 135 Å². The highest BCUT2D eigenvalue weighted by Crippen LogP contribution is 2.10. The van der Waals surface area contributed by atoms with E-state index in [4.69, 9.17) is 4.74 Å². The molecule has 0 atom stereocenters. The molecular weight excluding hydrogens is 294 g/mol. The van der Waals surface area contributed by atoms with Gasteiger partial charge in [-0.1, -0.05) is 23.8 Å². The average molecular weight is 315 g/mol. The molecule has 0 aliphatic heterocycles. The number of carbonyl (C=O) groups is 1. The highest BCUT2D eigenvalue weighted by molar-refractivity contribution is 5.91. The first-order chi connectivity index (χ1) is 11.0. The van der Waals surface area contributed by atoms with Crippen LogP contribution in [0.25, 0.3) is 0 Å². The van der Waals surface area contributed by atoms with Crippen molar-refractivity contribution in [2.24, 2.45) is 0 Å². The molecule has 0 aliphatic rings. The SMILES string of the molecule is COCCn1nc(C(=O)NCc2ccc(C)cc2C)ccc1=O. The Morgan fingerprint density at radius 1 is 1.26 bits per heavy atom. The van der Waals surface area contributed by atoms with E-state index in [1.54, 1.807) is 7.11 Å². The first-order valence-corrected chi connectivity index (χ1v) is 7.42. The fourth-order valence-electron chi connectivity index (χ4n) is 2.22. The maximum absolute atomic E-state index is 12.2. The van der Waals surface area contributed by atoms with E-state index in [1.807, 2.05) is 26.0 Å². The van der Waals surface area contributed by atoms with Gasteiger partial charge in [0.2, 0.25) is 0 Å². The molecule has 0 saturated heterocycles. The van der Waals surface area contributed by atoms with Crippen LogP contribution in [0.15, 0.2) is 35.1 Å². The molecule has 0 bridgehead atoms. The topological polar surface area (TPSA) is 73.2 Å². The minimum atomic E-state index is -0.309. The van der Waals surface area contributed by atoms with Crippen molar-refractivity contribution in [1.82, 2.24) is 15.1 Å². The van der Waals surface area contributed by atoms with Gasteiger partial charge in [0.1, 0.15) is 5.69 Å². The lowest BCUT2D eigenvalue weighted by Crippen LogP contribution is -2.30. The summed E-state index contributed by atoms with van der Waals surface area (Å²) in [5.41, 5.74) is 3.32. The summed E-state index contributed by atoms with van der Waals surface area (Å²) >= 11 is 0. The van der Waals surface area contributed by atoms with Crippen molar-refractivity contribution in [3.63, 3.8) is 0 Å². The molecule has 1 N–H and O–H groups in total. The third-order valence-corrected chi connectivity index (χ3v) is 3.54. The first-order valence-electron chi connectivity index (χ1n) is 7.42. The number of amides is 1. The molecule has 0 saturated carbocycles. The maximum atomic E-state index is 12.2. The second-order valence-corrected chi connectivity index (χ2v) is 5.39. The summed E-state index contributed by atoms with van der Waals surface area (Å²) < 4.78 is 6.16. The first kappa shape index (κ1) is 16.9. The number of methoxy groups -OCH3 is 1. The molecule has 1 aromatic heterocycles. The van der Waals surface area contributed by atoms with Crippen LogP contribution >= 0.6 is 0 Å². The molecule has 1 aromatic carbocycles. The fourth-order valence-corrected chi connectivity index (χ4v) is 2.22. The number of rotatable bonds is 6. The Hall–Kier alpha value is -2.47. The highest BCUT2D eigenvalue weighted by atomic mass is 16.5. The standard InChI is InChI=1S/C17H21N3O3/c1-12-4-5-14(13(2)10-12)11-18-17(22)15-6-7-16(21)20(19-15)8-9-23-3/h4-7,10H,8-9,11H2,1-3H3,(H,18,22). The van der Waals surface area contributed by atoms with Crippen molar-refractivity contribution in [1.29, 1.82) is 0 Å². The minimum absolute atomic E-state index is 0.213. The van der Waals surface area contributed by atoms with Gasteiger partial charge in [-0.2, -0.15) is 5.10 Å². The van der Waals surface area contributed by atoms with Gasteiger partial charge in [-0.25, -0.2) is 4.68 Å². The number of nitrogens with one attached hydrogen (secondary N) is 1. The number of benzene rings is 1. The zero-order valence-electron chi connectivity index (χ0n) is 13.6. The molecule has 122 valence electrons. The molecular formula is C17H21N3O3. The molecule has 1 amide bonds. The number of carbonyl (C=O) groups excluding carboxylic acids is 1. The predicted octanol–water partition coefficient (Wildman–Crippen LogP) is 1.44. The summed E-state index contributed by atoms with van der Waals surface area (Å²) in [6.45, 7) is 5.14. The smallest absolute Gasteiger partial charge is 0.271 e. The monoisotopic (exact) mass is 315 g/mol. The summed E-state index contributed by atoms with van der Waals surface area (Å²) in [7, 11) is 1.55. The third-order valence-electron chi connectivity index (χ3n) is 3.54. The van der Waals surface area contributed by atoms with Crippen LogP contribution in [0.1, 0.15) is 27.2 Å². The maximum Gasteiger partial charge on any atom is 0.271 e. The molecule has 23 heavy (non-hydrogen) atoms. The Bertz CT molecular complexity index is 753. The molecule has 6 heteroatoms. The van der Waals surface area contributed by atoms with Crippen LogP contribution in [0.2, 0.25) is 0 Å². The van der Waals surface area contributed by atoms with Crippen molar-refractivity contribution in [2.75, 3.05) is 13.7 Å². The Morgan fingerprint density at radius 3 is 2.74 bits per heavy atom. The summed E-state index contributed by atoms with van der Waals surface area (Å²) in [4.78, 5) is 23.9. The number of hydrogen-bond donors (Lipinski definition) is 1. The molecule has 0 unspecified atom stereocenters. The van der Waals surface area contributed by atoms with E-state index >= 15 is 0 Å². The van der Waals surface area contributed by atoms with Gasteiger partial charge in [0.05, 0.1) is 13.2 Å². The lowest BCUT2D eigenvalue weighted by atomic mass is 10.1. The van der Waals surface area contributed by atoms with Crippen LogP contribution in [0.4, 0.5) is 0 Å². The van der Waals surface area contributed by atoms with E-state index < -0.39 is 0 Å². The molecule has 6 nitrogen and oxygen atoms in total. The van der Waals surface area contributed by atoms with Gasteiger partial charge in [0, 0.05) is 19.7 Å². The molecule has 0 fully saturated rings. The van der Waals surface area contributed by atoms with Crippen LogP contribution in [0.5, 0.6) is 0 Å². The molecule has 0 aliphatic carbocycles. The van der Waals surface area contributed by atoms with Crippen LogP contribution in [0, 0.1) is 13.8 Å². The number of nitrogens with zero attached hydrogens (tertiary/aromatic N) is 2. The summed E-state index contributed by atoms with van der Waals surface area (Å²) in [5.74, 6) is -0.309. The van der Waals surface area contributed by atoms with Gasteiger partial charge >= 0.3 is 0 Å². The van der Waals surface area contributed by atoms with Gasteiger partial charge in [0.25, 0.3) is 11.5 Å². The molecule has 0 radical (unpaired) electrons. The summed E-state index contributed by atoms with van der Waals surface area (Å²) in [6, 6.07) is 8.86. The number of hydrogen-bond acceptors (Lipinski definition) is 4. The number of aryl methyl sites for hydroxylation is 2. The van der Waals surface area contributed by atoms with Crippen molar-refractivity contribution in [3.05, 3.63) is 63.1 Å². The van der Waals surface area contributed by atoms with Crippen molar-refractivity contribution < 1.29 is 9.53 Å². The lowest BCUT2D eigenvalue weighted by Gasteiger charge is -2.09. The normalized spacial score (nSPS) is 10.6. The van der Waals surface area contributed by atoms with Crippen molar-refractivity contribution >= 4 is 5.91 Å².